The van der Waals surface area contributed by atoms with Gasteiger partial charge < -0.3 is 10.7 Å². The quantitative estimate of drug-likeness (QED) is 0.701. The molecule has 0 bridgehead atoms. The Bertz CT molecular complexity index is 305. The average Bonchev–Trinajstić information content (AvgIpc) is 2.70. The zero-order chi connectivity index (χ0) is 9.97. The summed E-state index contributed by atoms with van der Waals surface area (Å²) in [4.78, 5) is 14.9. The Morgan fingerprint density at radius 1 is 1.43 bits per heavy atom. The van der Waals surface area contributed by atoms with Crippen molar-refractivity contribution in [3.63, 3.8) is 0 Å². The van der Waals surface area contributed by atoms with Gasteiger partial charge in [0.05, 0.1) is 5.69 Å². The summed E-state index contributed by atoms with van der Waals surface area (Å²) in [5.74, 6) is 0.213. The molecule has 1 aromatic heterocycles. The molecule has 3 heteroatoms. The number of carbonyl (C=O) groups excluding carboxylic acids is 1. The minimum absolute atomic E-state index is 0.0300. The highest BCUT2D eigenvalue weighted by Gasteiger charge is 2.29. The number of aromatic nitrogens is 1. The summed E-state index contributed by atoms with van der Waals surface area (Å²) < 4.78 is 0. The molecule has 0 radical (unpaired) electrons. The maximum absolute atomic E-state index is 12.0. The van der Waals surface area contributed by atoms with Gasteiger partial charge in [-0.1, -0.05) is 12.8 Å². The van der Waals surface area contributed by atoms with E-state index in [1.165, 1.54) is 0 Å². The van der Waals surface area contributed by atoms with Crippen LogP contribution in [0.1, 0.15) is 36.2 Å². The van der Waals surface area contributed by atoms with Gasteiger partial charge in [0, 0.05) is 18.2 Å². The van der Waals surface area contributed by atoms with E-state index in [4.69, 9.17) is 5.73 Å². The Hall–Kier alpha value is -1.09. The number of aromatic amines is 1. The molecule has 0 saturated heterocycles. The molecule has 1 aliphatic carbocycles. The maximum atomic E-state index is 12.0. The second-order valence-electron chi connectivity index (χ2n) is 4.00. The summed E-state index contributed by atoms with van der Waals surface area (Å²) in [5.41, 5.74) is 6.65. The van der Waals surface area contributed by atoms with E-state index < -0.39 is 0 Å². The molecule has 1 heterocycles. The maximum Gasteiger partial charge on any atom is 0.183 e. The van der Waals surface area contributed by atoms with Crippen molar-refractivity contribution < 1.29 is 4.79 Å². The molecule has 2 unspecified atom stereocenters. The zero-order valence-corrected chi connectivity index (χ0v) is 8.20. The first-order chi connectivity index (χ1) is 6.79. The van der Waals surface area contributed by atoms with Gasteiger partial charge in [0.1, 0.15) is 0 Å². The lowest BCUT2D eigenvalue weighted by Crippen LogP contribution is -2.38. The van der Waals surface area contributed by atoms with Crippen molar-refractivity contribution >= 4 is 5.78 Å². The molecule has 0 aliphatic heterocycles. The smallest absolute Gasteiger partial charge is 0.183 e. The Morgan fingerprint density at radius 3 is 2.86 bits per heavy atom. The lowest BCUT2D eigenvalue weighted by molar-refractivity contribution is 0.0866. The van der Waals surface area contributed by atoms with Crippen molar-refractivity contribution in [2.45, 2.75) is 31.7 Å². The zero-order valence-electron chi connectivity index (χ0n) is 8.20. The van der Waals surface area contributed by atoms with Crippen molar-refractivity contribution in [1.29, 1.82) is 0 Å². The third-order valence-corrected chi connectivity index (χ3v) is 3.02. The number of ketones is 1. The molecule has 14 heavy (non-hydrogen) atoms. The molecular formula is C11H16N2O. The SMILES string of the molecule is NC1CCCCC1C(=O)c1ccc[nH]1. The predicted octanol–water partition coefficient (Wildman–Crippen LogP) is 1.71. The van der Waals surface area contributed by atoms with Gasteiger partial charge in [0.2, 0.25) is 0 Å². The predicted molar refractivity (Wildman–Crippen MR) is 55.1 cm³/mol. The summed E-state index contributed by atoms with van der Waals surface area (Å²) in [5, 5.41) is 0. The number of rotatable bonds is 2. The number of Topliss-reactive ketones (excluding diaryl/α,β-unsaturated/α-hetero) is 1. The average molecular weight is 192 g/mol. The van der Waals surface area contributed by atoms with Crippen LogP contribution in [0.15, 0.2) is 18.3 Å². The van der Waals surface area contributed by atoms with E-state index in [9.17, 15) is 4.79 Å². The van der Waals surface area contributed by atoms with Crippen LogP contribution in [0, 0.1) is 5.92 Å². The summed E-state index contributed by atoms with van der Waals surface area (Å²) >= 11 is 0. The van der Waals surface area contributed by atoms with Crippen LogP contribution in [0.3, 0.4) is 0 Å². The fourth-order valence-electron chi connectivity index (χ4n) is 2.17. The van der Waals surface area contributed by atoms with Gasteiger partial charge in [-0.2, -0.15) is 0 Å². The first kappa shape index (κ1) is 9.46. The molecule has 0 spiro atoms. The van der Waals surface area contributed by atoms with Crippen molar-refractivity contribution in [1.82, 2.24) is 4.98 Å². The van der Waals surface area contributed by atoms with E-state index in [1.807, 2.05) is 12.1 Å². The van der Waals surface area contributed by atoms with E-state index in [-0.39, 0.29) is 17.7 Å². The number of hydrogen-bond acceptors (Lipinski definition) is 2. The van der Waals surface area contributed by atoms with E-state index in [2.05, 4.69) is 4.98 Å². The first-order valence-corrected chi connectivity index (χ1v) is 5.22. The number of hydrogen-bond donors (Lipinski definition) is 2. The van der Waals surface area contributed by atoms with Crippen LogP contribution in [-0.4, -0.2) is 16.8 Å². The van der Waals surface area contributed by atoms with E-state index in [0.717, 1.165) is 25.7 Å². The second kappa shape index (κ2) is 3.96. The fraction of sp³-hybridized carbons (Fsp3) is 0.545. The highest BCUT2D eigenvalue weighted by Crippen LogP contribution is 2.25. The van der Waals surface area contributed by atoms with E-state index in [0.29, 0.717) is 5.69 Å². The molecule has 1 aromatic rings. The van der Waals surface area contributed by atoms with Crippen LogP contribution in [0.5, 0.6) is 0 Å². The third-order valence-electron chi connectivity index (χ3n) is 3.02. The summed E-state index contributed by atoms with van der Waals surface area (Å²) in [6.07, 6.45) is 6.00. The Labute approximate surface area is 83.7 Å². The minimum atomic E-state index is 0.0300. The molecule has 3 N–H and O–H groups in total. The number of nitrogens with one attached hydrogen (secondary N) is 1. The topological polar surface area (TPSA) is 58.9 Å². The minimum Gasteiger partial charge on any atom is -0.359 e. The lowest BCUT2D eigenvalue weighted by atomic mass is 9.81. The number of H-pyrrole nitrogens is 1. The standard InChI is InChI=1S/C11H16N2O/c12-9-5-2-1-4-8(9)11(14)10-6-3-7-13-10/h3,6-9,13H,1-2,4-5,12H2. The Balaban J connectivity index is 2.10. The second-order valence-corrected chi connectivity index (χ2v) is 4.00. The van der Waals surface area contributed by atoms with Crippen molar-refractivity contribution in [2.75, 3.05) is 0 Å². The van der Waals surface area contributed by atoms with Crippen LogP contribution in [0.2, 0.25) is 0 Å². The number of nitrogens with two attached hydrogens (primary N) is 1. The van der Waals surface area contributed by atoms with E-state index in [1.54, 1.807) is 6.20 Å². The lowest BCUT2D eigenvalue weighted by Gasteiger charge is -2.26. The molecule has 76 valence electrons. The molecule has 2 rings (SSSR count). The van der Waals surface area contributed by atoms with Crippen molar-refractivity contribution in [2.24, 2.45) is 11.7 Å². The fourth-order valence-corrected chi connectivity index (χ4v) is 2.17. The third kappa shape index (κ3) is 1.73. The molecule has 0 aromatic carbocycles. The van der Waals surface area contributed by atoms with Gasteiger partial charge in [-0.05, 0) is 25.0 Å². The molecular weight excluding hydrogens is 176 g/mol. The molecule has 3 nitrogen and oxygen atoms in total. The molecule has 1 fully saturated rings. The molecule has 0 amide bonds. The summed E-state index contributed by atoms with van der Waals surface area (Å²) in [6, 6.07) is 3.73. The Kier molecular flexibility index (Phi) is 2.68. The highest BCUT2D eigenvalue weighted by atomic mass is 16.1. The summed E-state index contributed by atoms with van der Waals surface area (Å²) in [7, 11) is 0. The van der Waals surface area contributed by atoms with Crippen LogP contribution >= 0.6 is 0 Å². The van der Waals surface area contributed by atoms with Gasteiger partial charge in [-0.3, -0.25) is 4.79 Å². The van der Waals surface area contributed by atoms with Gasteiger partial charge in [-0.25, -0.2) is 0 Å². The van der Waals surface area contributed by atoms with E-state index >= 15 is 0 Å². The van der Waals surface area contributed by atoms with Crippen LogP contribution in [0.25, 0.3) is 0 Å². The van der Waals surface area contributed by atoms with Gasteiger partial charge in [0.25, 0.3) is 0 Å². The monoisotopic (exact) mass is 192 g/mol. The largest absolute Gasteiger partial charge is 0.359 e. The molecule has 2 atom stereocenters. The van der Waals surface area contributed by atoms with Gasteiger partial charge in [-0.15, -0.1) is 0 Å². The van der Waals surface area contributed by atoms with Gasteiger partial charge >= 0.3 is 0 Å². The number of carbonyl (C=O) groups is 1. The van der Waals surface area contributed by atoms with Crippen molar-refractivity contribution in [3.05, 3.63) is 24.0 Å². The molecule has 1 aliphatic rings. The first-order valence-electron chi connectivity index (χ1n) is 5.22. The van der Waals surface area contributed by atoms with Crippen molar-refractivity contribution in [3.8, 4) is 0 Å². The highest BCUT2D eigenvalue weighted by molar-refractivity contribution is 5.96. The normalized spacial score (nSPS) is 27.5. The Morgan fingerprint density at radius 2 is 2.21 bits per heavy atom. The van der Waals surface area contributed by atoms with Crippen LogP contribution in [-0.2, 0) is 0 Å². The summed E-state index contributed by atoms with van der Waals surface area (Å²) in [6.45, 7) is 0. The van der Waals surface area contributed by atoms with Crippen LogP contribution < -0.4 is 5.73 Å². The van der Waals surface area contributed by atoms with Gasteiger partial charge in [0.15, 0.2) is 5.78 Å². The van der Waals surface area contributed by atoms with Crippen LogP contribution in [0.4, 0.5) is 0 Å². The molecule has 1 saturated carbocycles.